The van der Waals surface area contributed by atoms with Gasteiger partial charge < -0.3 is 4.57 Å². The summed E-state index contributed by atoms with van der Waals surface area (Å²) in [7, 11) is 0. The maximum absolute atomic E-state index is 5.33. The Hall–Kier alpha value is -0.640. The predicted octanol–water partition coefficient (Wildman–Crippen LogP) is 3.25. The average molecular weight is 237 g/mol. The molecule has 2 unspecified atom stereocenters. The molecular formula is C12H19N3S. The highest BCUT2D eigenvalue weighted by atomic mass is 32.1. The number of aromatic amines is 1. The van der Waals surface area contributed by atoms with Gasteiger partial charge >= 0.3 is 0 Å². The van der Waals surface area contributed by atoms with Gasteiger partial charge in [-0.1, -0.05) is 13.3 Å². The predicted molar refractivity (Wildman–Crippen MR) is 65.9 cm³/mol. The van der Waals surface area contributed by atoms with Crippen LogP contribution >= 0.6 is 12.2 Å². The van der Waals surface area contributed by atoms with Crippen molar-refractivity contribution in [3.05, 3.63) is 10.6 Å². The molecule has 0 bridgehead atoms. The number of aromatic nitrogens is 3. The van der Waals surface area contributed by atoms with Crippen LogP contribution in [0.3, 0.4) is 0 Å². The van der Waals surface area contributed by atoms with E-state index in [4.69, 9.17) is 12.2 Å². The first-order valence-corrected chi connectivity index (χ1v) is 6.80. The molecule has 2 atom stereocenters. The van der Waals surface area contributed by atoms with Crippen LogP contribution in [-0.2, 0) is 6.54 Å². The fraction of sp³-hybridized carbons (Fsp3) is 0.833. The zero-order valence-electron chi connectivity index (χ0n) is 9.78. The number of hydrogen-bond donors (Lipinski definition) is 1. The molecule has 0 spiro atoms. The second-order valence-electron chi connectivity index (χ2n) is 5.56. The van der Waals surface area contributed by atoms with Gasteiger partial charge in [-0.2, -0.15) is 5.10 Å². The smallest absolute Gasteiger partial charge is 0.195 e. The summed E-state index contributed by atoms with van der Waals surface area (Å²) in [4.78, 5) is 0. The molecule has 1 N–H and O–H groups in total. The highest BCUT2D eigenvalue weighted by Crippen LogP contribution is 2.40. The third-order valence-corrected chi connectivity index (χ3v) is 4.29. The summed E-state index contributed by atoms with van der Waals surface area (Å²) in [6, 6.07) is 0. The monoisotopic (exact) mass is 237 g/mol. The van der Waals surface area contributed by atoms with Crippen LogP contribution < -0.4 is 0 Å². The van der Waals surface area contributed by atoms with Gasteiger partial charge in [-0.3, -0.25) is 5.10 Å². The molecule has 0 amide bonds. The van der Waals surface area contributed by atoms with Crippen molar-refractivity contribution in [2.24, 2.45) is 11.8 Å². The van der Waals surface area contributed by atoms with Gasteiger partial charge in [0.15, 0.2) is 4.77 Å². The summed E-state index contributed by atoms with van der Waals surface area (Å²) in [5.74, 6) is 3.61. The Kier molecular flexibility index (Phi) is 2.62. The van der Waals surface area contributed by atoms with Crippen molar-refractivity contribution in [1.82, 2.24) is 14.8 Å². The van der Waals surface area contributed by atoms with Gasteiger partial charge in [-0.05, 0) is 49.7 Å². The maximum atomic E-state index is 5.33. The highest BCUT2D eigenvalue weighted by Gasteiger charge is 2.30. The lowest BCUT2D eigenvalue weighted by atomic mass is 10.1. The quantitative estimate of drug-likeness (QED) is 0.819. The van der Waals surface area contributed by atoms with E-state index in [1.807, 2.05) is 0 Å². The van der Waals surface area contributed by atoms with E-state index in [0.717, 1.165) is 23.2 Å². The van der Waals surface area contributed by atoms with Gasteiger partial charge in [0.2, 0.25) is 0 Å². The lowest BCUT2D eigenvalue weighted by Gasteiger charge is -2.12. The topological polar surface area (TPSA) is 33.6 Å². The van der Waals surface area contributed by atoms with Crippen LogP contribution in [-0.4, -0.2) is 14.8 Å². The fourth-order valence-electron chi connectivity index (χ4n) is 2.91. The van der Waals surface area contributed by atoms with Crippen molar-refractivity contribution >= 4 is 12.2 Å². The highest BCUT2D eigenvalue weighted by molar-refractivity contribution is 7.71. The normalized spacial score (nSPS) is 29.8. The van der Waals surface area contributed by atoms with Gasteiger partial charge in [-0.15, -0.1) is 0 Å². The zero-order chi connectivity index (χ0) is 11.1. The molecule has 3 rings (SSSR count). The molecule has 1 aromatic heterocycles. The Bertz CT molecular complexity index is 430. The van der Waals surface area contributed by atoms with E-state index < -0.39 is 0 Å². The Morgan fingerprint density at radius 1 is 1.38 bits per heavy atom. The third kappa shape index (κ3) is 1.95. The first-order valence-electron chi connectivity index (χ1n) is 6.39. The van der Waals surface area contributed by atoms with Crippen LogP contribution in [0.5, 0.6) is 0 Å². The van der Waals surface area contributed by atoms with Crippen molar-refractivity contribution in [3.8, 4) is 0 Å². The third-order valence-electron chi connectivity index (χ3n) is 3.97. The van der Waals surface area contributed by atoms with Crippen LogP contribution in [0, 0.1) is 16.6 Å². The molecule has 3 nitrogen and oxygen atoms in total. The van der Waals surface area contributed by atoms with Crippen molar-refractivity contribution in [2.75, 3.05) is 0 Å². The molecule has 1 heterocycles. The Balaban J connectivity index is 1.78. The number of H-pyrrole nitrogens is 1. The first-order chi connectivity index (χ1) is 7.74. The van der Waals surface area contributed by atoms with Gasteiger partial charge in [0, 0.05) is 12.5 Å². The average Bonchev–Trinajstić information content (AvgIpc) is 2.93. The van der Waals surface area contributed by atoms with Gasteiger partial charge in [0.1, 0.15) is 5.82 Å². The largest absolute Gasteiger partial charge is 0.304 e. The van der Waals surface area contributed by atoms with E-state index in [0.29, 0.717) is 5.92 Å². The minimum atomic E-state index is 0.687. The van der Waals surface area contributed by atoms with Crippen molar-refractivity contribution < 1.29 is 0 Å². The fourth-order valence-corrected chi connectivity index (χ4v) is 3.12. The minimum absolute atomic E-state index is 0.687. The van der Waals surface area contributed by atoms with Gasteiger partial charge in [0.25, 0.3) is 0 Å². The molecule has 0 aromatic carbocycles. The summed E-state index contributed by atoms with van der Waals surface area (Å²) >= 11 is 5.33. The van der Waals surface area contributed by atoms with Crippen LogP contribution in [0.1, 0.15) is 50.8 Å². The van der Waals surface area contributed by atoms with Crippen molar-refractivity contribution in [2.45, 2.75) is 51.5 Å². The van der Waals surface area contributed by atoms with Crippen molar-refractivity contribution in [1.29, 1.82) is 0 Å². The second kappa shape index (κ2) is 3.99. The summed E-state index contributed by atoms with van der Waals surface area (Å²) in [6.45, 7) is 3.45. The van der Waals surface area contributed by atoms with Crippen LogP contribution in [0.25, 0.3) is 0 Å². The number of nitrogens with zero attached hydrogens (tertiary/aromatic N) is 2. The van der Waals surface area contributed by atoms with Crippen molar-refractivity contribution in [3.63, 3.8) is 0 Å². The molecular weight excluding hydrogens is 218 g/mol. The molecule has 88 valence electrons. The molecule has 2 aliphatic carbocycles. The number of hydrogen-bond acceptors (Lipinski definition) is 2. The molecule has 4 heteroatoms. The van der Waals surface area contributed by atoms with Gasteiger partial charge in [0.05, 0.1) is 0 Å². The molecule has 2 aliphatic rings. The van der Waals surface area contributed by atoms with Gasteiger partial charge in [-0.25, -0.2) is 0 Å². The standard InChI is InChI=1S/C12H19N3S/c1-8-2-3-9(6-8)7-15-11(10-4-5-10)13-14-12(15)16/h8-10H,2-7H2,1H3,(H,14,16). The maximum Gasteiger partial charge on any atom is 0.195 e. The summed E-state index contributed by atoms with van der Waals surface area (Å²) < 4.78 is 3.08. The molecule has 2 saturated carbocycles. The molecule has 0 radical (unpaired) electrons. The van der Waals surface area contributed by atoms with E-state index in [9.17, 15) is 0 Å². The lowest BCUT2D eigenvalue weighted by Crippen LogP contribution is -2.11. The Morgan fingerprint density at radius 3 is 2.81 bits per heavy atom. The zero-order valence-corrected chi connectivity index (χ0v) is 10.6. The Morgan fingerprint density at radius 2 is 2.19 bits per heavy atom. The molecule has 1 aromatic rings. The molecule has 16 heavy (non-hydrogen) atoms. The second-order valence-corrected chi connectivity index (χ2v) is 5.94. The number of nitrogens with one attached hydrogen (secondary N) is 1. The summed E-state index contributed by atoms with van der Waals surface area (Å²) in [5.41, 5.74) is 0. The van der Waals surface area contributed by atoms with E-state index in [1.165, 1.54) is 37.9 Å². The Labute approximate surface area is 101 Å². The molecule has 2 fully saturated rings. The van der Waals surface area contributed by atoms with Crippen LogP contribution in [0.4, 0.5) is 0 Å². The van der Waals surface area contributed by atoms with Crippen LogP contribution in [0.15, 0.2) is 0 Å². The molecule has 0 saturated heterocycles. The van der Waals surface area contributed by atoms with E-state index in [2.05, 4.69) is 21.7 Å². The molecule has 0 aliphatic heterocycles. The first kappa shape index (κ1) is 10.5. The minimum Gasteiger partial charge on any atom is -0.304 e. The van der Waals surface area contributed by atoms with E-state index >= 15 is 0 Å². The SMILES string of the molecule is CC1CCC(Cn2c(C3CC3)n[nH]c2=S)C1. The van der Waals surface area contributed by atoms with E-state index in [1.54, 1.807) is 0 Å². The van der Waals surface area contributed by atoms with E-state index in [-0.39, 0.29) is 0 Å². The summed E-state index contributed by atoms with van der Waals surface area (Å²) in [5, 5.41) is 7.34. The lowest BCUT2D eigenvalue weighted by molar-refractivity contribution is 0.429. The summed E-state index contributed by atoms with van der Waals surface area (Å²) in [6.07, 6.45) is 6.69. The number of rotatable bonds is 3. The van der Waals surface area contributed by atoms with Crippen LogP contribution in [0.2, 0.25) is 0 Å².